The molecule has 29 heavy (non-hydrogen) atoms. The van der Waals surface area contributed by atoms with Gasteiger partial charge in [0.15, 0.2) is 0 Å². The van der Waals surface area contributed by atoms with Crippen molar-refractivity contribution >= 4 is 34.9 Å². The summed E-state index contributed by atoms with van der Waals surface area (Å²) >= 11 is 0. The molecule has 3 aromatic rings. The number of aromatic nitrogens is 1. The van der Waals surface area contributed by atoms with Crippen molar-refractivity contribution in [1.29, 1.82) is 0 Å². The molecule has 1 aromatic heterocycles. The zero-order chi connectivity index (χ0) is 19.3. The second-order valence-electron chi connectivity index (χ2n) is 7.53. The summed E-state index contributed by atoms with van der Waals surface area (Å²) in [5.41, 5.74) is 5.34. The van der Waals surface area contributed by atoms with Crippen LogP contribution in [-0.2, 0) is 6.42 Å². The molecule has 0 aliphatic carbocycles. The molecule has 3 N–H and O–H groups in total. The summed E-state index contributed by atoms with van der Waals surface area (Å²) in [6.45, 7) is 0.940. The fraction of sp³-hybridized carbons (Fsp3) is 0.292. The Bertz CT molecular complexity index is 995. The lowest BCUT2D eigenvalue weighted by atomic mass is 9.92. The van der Waals surface area contributed by atoms with Crippen molar-refractivity contribution < 1.29 is 9.90 Å². The number of aromatic amines is 1. The Balaban J connectivity index is 0.00000240. The normalized spacial score (nSPS) is 16.3. The molecule has 0 fully saturated rings. The average molecular weight is 411 g/mol. The van der Waals surface area contributed by atoms with Crippen molar-refractivity contribution in [2.75, 3.05) is 6.54 Å². The van der Waals surface area contributed by atoms with Crippen LogP contribution in [-0.4, -0.2) is 28.6 Å². The highest BCUT2D eigenvalue weighted by Gasteiger charge is 2.16. The largest absolute Gasteiger partial charge is 0.478 e. The van der Waals surface area contributed by atoms with Gasteiger partial charge in [-0.25, -0.2) is 4.79 Å². The fourth-order valence-electron chi connectivity index (χ4n) is 4.09. The van der Waals surface area contributed by atoms with E-state index < -0.39 is 5.97 Å². The zero-order valence-electron chi connectivity index (χ0n) is 16.4. The summed E-state index contributed by atoms with van der Waals surface area (Å²) in [5.74, 6) is -0.875. The van der Waals surface area contributed by atoms with Gasteiger partial charge in [-0.3, -0.25) is 0 Å². The van der Waals surface area contributed by atoms with E-state index in [1.165, 1.54) is 16.7 Å². The van der Waals surface area contributed by atoms with Crippen molar-refractivity contribution in [1.82, 2.24) is 10.3 Å². The summed E-state index contributed by atoms with van der Waals surface area (Å²) in [6, 6.07) is 16.5. The van der Waals surface area contributed by atoms with Crippen LogP contribution in [0.5, 0.6) is 0 Å². The lowest BCUT2D eigenvalue weighted by Gasteiger charge is -2.24. The van der Waals surface area contributed by atoms with Crippen LogP contribution in [0.3, 0.4) is 0 Å². The average Bonchev–Trinajstić information content (AvgIpc) is 3.14. The van der Waals surface area contributed by atoms with Crippen LogP contribution in [0, 0.1) is 0 Å². The van der Waals surface area contributed by atoms with E-state index in [0.717, 1.165) is 49.6 Å². The van der Waals surface area contributed by atoms with E-state index in [0.29, 0.717) is 11.6 Å². The van der Waals surface area contributed by atoms with Gasteiger partial charge < -0.3 is 15.4 Å². The lowest BCUT2D eigenvalue weighted by Crippen LogP contribution is -2.32. The van der Waals surface area contributed by atoms with Crippen LogP contribution in [0.4, 0.5) is 0 Å². The molecule has 1 aliphatic heterocycles. The number of carbonyl (C=O) groups is 1. The number of hydrogen-bond acceptors (Lipinski definition) is 2. The molecule has 2 heterocycles. The van der Waals surface area contributed by atoms with Gasteiger partial charge in [0.05, 0.1) is 5.56 Å². The van der Waals surface area contributed by atoms with Gasteiger partial charge in [0.2, 0.25) is 0 Å². The highest BCUT2D eigenvalue weighted by Crippen LogP contribution is 2.25. The number of carboxylic acid groups (broad SMARTS) is 1. The van der Waals surface area contributed by atoms with E-state index in [4.69, 9.17) is 0 Å². The maximum atomic E-state index is 11.2. The highest BCUT2D eigenvalue weighted by molar-refractivity contribution is 5.94. The van der Waals surface area contributed by atoms with Crippen molar-refractivity contribution in [2.45, 2.75) is 38.1 Å². The Morgan fingerprint density at radius 1 is 1.10 bits per heavy atom. The summed E-state index contributed by atoms with van der Waals surface area (Å²) < 4.78 is 0. The fourth-order valence-corrected chi connectivity index (χ4v) is 4.09. The van der Waals surface area contributed by atoms with E-state index in [1.54, 1.807) is 12.1 Å². The number of unbranched alkanes of at least 4 members (excludes halogenated alkanes) is 1. The van der Waals surface area contributed by atoms with Gasteiger partial charge in [-0.1, -0.05) is 42.8 Å². The molecule has 0 saturated heterocycles. The Hall–Kier alpha value is -2.56. The molecule has 2 aromatic carbocycles. The topological polar surface area (TPSA) is 65.1 Å². The van der Waals surface area contributed by atoms with E-state index >= 15 is 0 Å². The van der Waals surface area contributed by atoms with Crippen LogP contribution < -0.4 is 5.32 Å². The van der Waals surface area contributed by atoms with Gasteiger partial charge >= 0.3 is 5.97 Å². The van der Waals surface area contributed by atoms with Gasteiger partial charge in [-0.2, -0.15) is 0 Å². The van der Waals surface area contributed by atoms with Gasteiger partial charge in [-0.15, -0.1) is 12.4 Å². The van der Waals surface area contributed by atoms with Gasteiger partial charge in [0.1, 0.15) is 0 Å². The van der Waals surface area contributed by atoms with Gasteiger partial charge in [0, 0.05) is 29.7 Å². The summed E-state index contributed by atoms with van der Waals surface area (Å²) in [7, 11) is 0. The number of rotatable bonds is 7. The first-order valence-electron chi connectivity index (χ1n) is 10.0. The smallest absolute Gasteiger partial charge is 0.335 e. The maximum Gasteiger partial charge on any atom is 0.335 e. The minimum Gasteiger partial charge on any atom is -0.478 e. The predicted molar refractivity (Wildman–Crippen MR) is 121 cm³/mol. The quantitative estimate of drug-likeness (QED) is 0.454. The van der Waals surface area contributed by atoms with Crippen LogP contribution in [0.1, 0.15) is 47.2 Å². The molecule has 1 unspecified atom stereocenters. The standard InChI is InChI=1S/C24H26N2O2.ClH/c27-24(28)19-10-11-23-22(15-19)20(16-26-23)8-4-5-9-21-14-18(12-13-25-21)17-6-2-1-3-7-17;/h1-3,6-7,10-12,15-16,21,25-26H,4-5,8-9,13-14H2,(H,27,28);1H. The van der Waals surface area contributed by atoms with Gasteiger partial charge in [0.25, 0.3) is 0 Å². The number of aromatic carboxylic acids is 1. The van der Waals surface area contributed by atoms with Crippen molar-refractivity contribution in [2.24, 2.45) is 0 Å². The van der Waals surface area contributed by atoms with Crippen LogP contribution in [0.2, 0.25) is 0 Å². The summed E-state index contributed by atoms with van der Waals surface area (Å²) in [5, 5.41) is 13.9. The zero-order valence-corrected chi connectivity index (χ0v) is 17.2. The molecule has 1 aliphatic rings. The van der Waals surface area contributed by atoms with Crippen LogP contribution >= 0.6 is 12.4 Å². The molecular formula is C24H27ClN2O2. The number of halogens is 1. The number of aryl methyl sites for hydroxylation is 1. The Labute approximate surface area is 177 Å². The Morgan fingerprint density at radius 2 is 1.93 bits per heavy atom. The molecule has 4 nitrogen and oxygen atoms in total. The lowest BCUT2D eigenvalue weighted by molar-refractivity contribution is 0.0697. The monoisotopic (exact) mass is 410 g/mol. The minimum atomic E-state index is -0.875. The predicted octanol–water partition coefficient (Wildman–Crippen LogP) is 5.45. The van der Waals surface area contributed by atoms with Crippen molar-refractivity contribution in [3.05, 3.63) is 77.5 Å². The number of nitrogens with one attached hydrogen (secondary N) is 2. The van der Waals surface area contributed by atoms with E-state index in [1.807, 2.05) is 12.3 Å². The molecule has 0 saturated carbocycles. The SMILES string of the molecule is Cl.O=C(O)c1ccc2[nH]cc(CCCCC3CC(c4ccccc4)=CCN3)c2c1. The summed E-state index contributed by atoms with van der Waals surface area (Å²) in [6.07, 6.45) is 9.80. The second-order valence-corrected chi connectivity index (χ2v) is 7.53. The minimum absolute atomic E-state index is 0. The first-order chi connectivity index (χ1) is 13.7. The molecule has 0 bridgehead atoms. The molecular weight excluding hydrogens is 384 g/mol. The number of carboxylic acids is 1. The highest BCUT2D eigenvalue weighted by atomic mass is 35.5. The van der Waals surface area contributed by atoms with E-state index in [-0.39, 0.29) is 12.4 Å². The maximum absolute atomic E-state index is 11.2. The number of fused-ring (bicyclic) bond motifs is 1. The molecule has 0 spiro atoms. The molecule has 0 radical (unpaired) electrons. The van der Waals surface area contributed by atoms with Gasteiger partial charge in [-0.05, 0) is 60.6 Å². The third-order valence-electron chi connectivity index (χ3n) is 5.63. The third-order valence-corrected chi connectivity index (χ3v) is 5.63. The molecule has 152 valence electrons. The second kappa shape index (κ2) is 9.77. The van der Waals surface area contributed by atoms with Crippen LogP contribution in [0.15, 0.2) is 60.8 Å². The number of hydrogen-bond donors (Lipinski definition) is 3. The van der Waals surface area contributed by atoms with E-state index in [2.05, 4.69) is 46.7 Å². The molecule has 1 atom stereocenters. The molecule has 4 rings (SSSR count). The molecule has 5 heteroatoms. The Morgan fingerprint density at radius 3 is 2.72 bits per heavy atom. The first-order valence-corrected chi connectivity index (χ1v) is 10.0. The number of benzene rings is 2. The van der Waals surface area contributed by atoms with E-state index in [9.17, 15) is 9.90 Å². The molecule has 0 amide bonds. The Kier molecular flexibility index (Phi) is 7.13. The van der Waals surface area contributed by atoms with Crippen LogP contribution in [0.25, 0.3) is 16.5 Å². The van der Waals surface area contributed by atoms with Crippen molar-refractivity contribution in [3.8, 4) is 0 Å². The first kappa shape index (κ1) is 21.2. The summed E-state index contributed by atoms with van der Waals surface area (Å²) in [4.78, 5) is 14.5. The number of H-pyrrole nitrogens is 1. The van der Waals surface area contributed by atoms with Crippen molar-refractivity contribution in [3.63, 3.8) is 0 Å². The third kappa shape index (κ3) is 5.08.